The van der Waals surface area contributed by atoms with Crippen LogP contribution < -0.4 is 0 Å². The molecule has 0 bridgehead atoms. The molecule has 0 aromatic carbocycles. The normalized spacial score (nSPS) is 13.5. The molecule has 0 aromatic heterocycles. The number of rotatable bonds is 7. The summed E-state index contributed by atoms with van der Waals surface area (Å²) >= 11 is 0. The SMILES string of the molecule is [B]=POC(C)COCCCC. The quantitative estimate of drug-likeness (QED) is 0.333. The molecule has 63 valence electrons. The first kappa shape index (κ1) is 11.3. The van der Waals surface area contributed by atoms with Crippen molar-refractivity contribution in [2.24, 2.45) is 0 Å². The molecule has 0 N–H and O–H groups in total. The van der Waals surface area contributed by atoms with E-state index >= 15 is 0 Å². The standard InChI is InChI=1S/C7H15BO2P/c1-3-4-5-9-6-7(2)10-11-8/h7H,3-6H2,1-2H3. The monoisotopic (exact) mass is 173 g/mol. The summed E-state index contributed by atoms with van der Waals surface area (Å²) in [5, 5.41) is 0. The van der Waals surface area contributed by atoms with Crippen LogP contribution in [0.3, 0.4) is 0 Å². The average Bonchev–Trinajstić information content (AvgIpc) is 1.99. The van der Waals surface area contributed by atoms with Crippen molar-refractivity contribution in [1.29, 1.82) is 0 Å². The molecule has 0 aliphatic heterocycles. The fourth-order valence-corrected chi connectivity index (χ4v) is 0.899. The maximum atomic E-state index is 5.30. The third-order valence-corrected chi connectivity index (χ3v) is 1.72. The summed E-state index contributed by atoms with van der Waals surface area (Å²) in [5.74, 6) is 0. The molecule has 0 spiro atoms. The van der Waals surface area contributed by atoms with Gasteiger partial charge in [0.25, 0.3) is 0 Å². The Bertz CT molecular complexity index is 100. The van der Waals surface area contributed by atoms with Crippen molar-refractivity contribution < 1.29 is 9.26 Å². The Hall–Kier alpha value is 0.285. The molecule has 1 unspecified atom stereocenters. The summed E-state index contributed by atoms with van der Waals surface area (Å²) in [5.41, 5.74) is 0. The van der Waals surface area contributed by atoms with Gasteiger partial charge in [-0.2, -0.15) is 0 Å². The van der Waals surface area contributed by atoms with Crippen LogP contribution >= 0.6 is 8.30 Å². The maximum absolute atomic E-state index is 5.30. The molecule has 0 fully saturated rings. The van der Waals surface area contributed by atoms with Crippen molar-refractivity contribution in [3.8, 4) is 0 Å². The van der Waals surface area contributed by atoms with E-state index in [2.05, 4.69) is 6.92 Å². The predicted molar refractivity (Wildman–Crippen MR) is 48.9 cm³/mol. The van der Waals surface area contributed by atoms with Crippen LogP contribution in [0.1, 0.15) is 26.7 Å². The first-order chi connectivity index (χ1) is 5.31. The van der Waals surface area contributed by atoms with E-state index in [-0.39, 0.29) is 6.10 Å². The van der Waals surface area contributed by atoms with Gasteiger partial charge in [-0.3, -0.25) is 0 Å². The summed E-state index contributed by atoms with van der Waals surface area (Å²) in [6.07, 6.45) is 2.40. The molecule has 0 saturated heterocycles. The zero-order valence-corrected chi connectivity index (χ0v) is 8.14. The summed E-state index contributed by atoms with van der Waals surface area (Å²) in [7, 11) is 5.64. The van der Waals surface area contributed by atoms with Crippen molar-refractivity contribution in [3.05, 3.63) is 0 Å². The van der Waals surface area contributed by atoms with Gasteiger partial charge in [-0.15, -0.1) is 0 Å². The van der Waals surface area contributed by atoms with Crippen LogP contribution in [-0.4, -0.2) is 26.5 Å². The van der Waals surface area contributed by atoms with Gasteiger partial charge in [0.1, 0.15) is 0 Å². The van der Waals surface area contributed by atoms with E-state index in [1.54, 1.807) is 0 Å². The van der Waals surface area contributed by atoms with Crippen molar-refractivity contribution >= 4 is 15.5 Å². The fraction of sp³-hybridized carbons (Fsp3) is 1.00. The van der Waals surface area contributed by atoms with Crippen molar-refractivity contribution in [2.75, 3.05) is 13.2 Å². The number of ether oxygens (including phenoxy) is 1. The summed E-state index contributed by atoms with van der Waals surface area (Å²) in [6, 6.07) is 0. The number of unbranched alkanes of at least 4 members (excludes halogenated alkanes) is 1. The van der Waals surface area contributed by atoms with Crippen LogP contribution in [0, 0.1) is 0 Å². The Morgan fingerprint density at radius 1 is 1.55 bits per heavy atom. The summed E-state index contributed by atoms with van der Waals surface area (Å²) < 4.78 is 10.4. The molecule has 0 saturated carbocycles. The van der Waals surface area contributed by atoms with Gasteiger partial charge < -0.3 is 0 Å². The number of hydrogen-bond donors (Lipinski definition) is 0. The van der Waals surface area contributed by atoms with Gasteiger partial charge in [0.15, 0.2) is 0 Å². The van der Waals surface area contributed by atoms with Gasteiger partial charge in [-0.1, -0.05) is 0 Å². The Morgan fingerprint density at radius 2 is 2.27 bits per heavy atom. The molecule has 11 heavy (non-hydrogen) atoms. The molecule has 0 aliphatic rings. The molecule has 0 rings (SSSR count). The average molecular weight is 173 g/mol. The van der Waals surface area contributed by atoms with E-state index in [4.69, 9.17) is 16.4 Å². The van der Waals surface area contributed by atoms with Crippen molar-refractivity contribution in [1.82, 2.24) is 0 Å². The van der Waals surface area contributed by atoms with Crippen LogP contribution in [0.2, 0.25) is 0 Å². The number of hydrogen-bond acceptors (Lipinski definition) is 2. The minimum absolute atomic E-state index is 0.110. The summed E-state index contributed by atoms with van der Waals surface area (Å²) in [6.45, 7) is 5.56. The van der Waals surface area contributed by atoms with Gasteiger partial charge >= 0.3 is 70.8 Å². The van der Waals surface area contributed by atoms with Gasteiger partial charge in [-0.25, -0.2) is 0 Å². The van der Waals surface area contributed by atoms with E-state index in [9.17, 15) is 0 Å². The van der Waals surface area contributed by atoms with Crippen molar-refractivity contribution in [2.45, 2.75) is 32.8 Å². The third kappa shape index (κ3) is 8.19. The summed E-state index contributed by atoms with van der Waals surface area (Å²) in [4.78, 5) is 0. The van der Waals surface area contributed by atoms with Crippen LogP contribution in [0.25, 0.3) is 0 Å². The molecule has 0 heterocycles. The van der Waals surface area contributed by atoms with Crippen LogP contribution in [0.15, 0.2) is 0 Å². The molecular formula is C7H15BO2P. The van der Waals surface area contributed by atoms with Crippen LogP contribution in [0.5, 0.6) is 0 Å². The second-order valence-corrected chi connectivity index (χ2v) is 2.87. The Labute approximate surface area is 71.5 Å². The molecule has 1 atom stereocenters. The predicted octanol–water partition coefficient (Wildman–Crippen LogP) is 2.15. The fourth-order valence-electron chi connectivity index (χ4n) is 0.630. The molecule has 1 radical (unpaired) electrons. The Balaban J connectivity index is 3.03. The zero-order chi connectivity index (χ0) is 8.53. The Kier molecular flexibility index (Phi) is 8.60. The Morgan fingerprint density at radius 3 is 2.82 bits per heavy atom. The molecule has 0 aliphatic carbocycles. The second kappa shape index (κ2) is 8.38. The molecule has 4 heteroatoms. The third-order valence-electron chi connectivity index (χ3n) is 1.24. The molecular weight excluding hydrogens is 158 g/mol. The first-order valence-corrected chi connectivity index (χ1v) is 4.83. The molecule has 0 amide bonds. The van der Waals surface area contributed by atoms with Crippen molar-refractivity contribution in [3.63, 3.8) is 0 Å². The second-order valence-electron chi connectivity index (χ2n) is 2.45. The van der Waals surface area contributed by atoms with Crippen LogP contribution in [0.4, 0.5) is 0 Å². The molecule has 2 nitrogen and oxygen atoms in total. The molecule has 0 aromatic rings. The van der Waals surface area contributed by atoms with Crippen LogP contribution in [-0.2, 0) is 9.26 Å². The van der Waals surface area contributed by atoms with E-state index in [1.165, 1.54) is 6.42 Å². The first-order valence-electron chi connectivity index (χ1n) is 3.95. The van der Waals surface area contributed by atoms with Gasteiger partial charge in [0.05, 0.1) is 0 Å². The van der Waals surface area contributed by atoms with E-state index < -0.39 is 0 Å². The topological polar surface area (TPSA) is 18.5 Å². The van der Waals surface area contributed by atoms with Gasteiger partial charge in [0.2, 0.25) is 0 Å². The zero-order valence-electron chi connectivity index (χ0n) is 7.25. The van der Waals surface area contributed by atoms with Gasteiger partial charge in [-0.05, 0) is 0 Å². The van der Waals surface area contributed by atoms with E-state index in [1.807, 2.05) is 6.92 Å². The minimum atomic E-state index is 0.110. The van der Waals surface area contributed by atoms with Gasteiger partial charge in [0, 0.05) is 0 Å². The van der Waals surface area contributed by atoms with E-state index in [0.717, 1.165) is 13.0 Å². The van der Waals surface area contributed by atoms with E-state index in [0.29, 0.717) is 14.9 Å².